The van der Waals surface area contributed by atoms with Crippen LogP contribution in [-0.4, -0.2) is 36.5 Å². The van der Waals surface area contributed by atoms with Gasteiger partial charge in [0, 0.05) is 19.0 Å². The van der Waals surface area contributed by atoms with Crippen LogP contribution < -0.4 is 0 Å². The van der Waals surface area contributed by atoms with Gasteiger partial charge in [-0.2, -0.15) is 0 Å². The lowest BCUT2D eigenvalue weighted by Gasteiger charge is -2.38. The molecule has 2 atom stereocenters. The van der Waals surface area contributed by atoms with E-state index in [4.69, 9.17) is 4.74 Å². The molecule has 0 spiro atoms. The van der Waals surface area contributed by atoms with Crippen LogP contribution in [0.2, 0.25) is 0 Å². The van der Waals surface area contributed by atoms with E-state index in [9.17, 15) is 9.59 Å². The Kier molecular flexibility index (Phi) is 2.68. The number of amides is 1. The van der Waals surface area contributed by atoms with Gasteiger partial charge in [0.2, 0.25) is 5.91 Å². The molecule has 4 heteroatoms. The zero-order chi connectivity index (χ0) is 11.9. The standard InChI is InChI=1S/C12H19NO3/c1-12(2)6-10(14)13-7-8(11(15)16-3)4-5-9(12)13/h8-9H,4-7H2,1-3H3. The minimum Gasteiger partial charge on any atom is -0.469 e. The number of nitrogens with zero attached hydrogens (tertiary/aromatic N) is 1. The Balaban J connectivity index is 2.11. The van der Waals surface area contributed by atoms with Crippen molar-refractivity contribution in [2.45, 2.75) is 39.2 Å². The fourth-order valence-electron chi connectivity index (χ4n) is 3.03. The number of piperidine rings is 1. The first-order valence-electron chi connectivity index (χ1n) is 5.83. The molecule has 0 aromatic heterocycles. The van der Waals surface area contributed by atoms with Crippen LogP contribution in [-0.2, 0) is 14.3 Å². The van der Waals surface area contributed by atoms with Crippen molar-refractivity contribution in [2.75, 3.05) is 13.7 Å². The van der Waals surface area contributed by atoms with Crippen molar-refractivity contribution in [2.24, 2.45) is 11.3 Å². The molecule has 2 saturated heterocycles. The van der Waals surface area contributed by atoms with Crippen LogP contribution in [0, 0.1) is 11.3 Å². The third-order valence-corrected chi connectivity index (χ3v) is 3.95. The summed E-state index contributed by atoms with van der Waals surface area (Å²) >= 11 is 0. The highest BCUT2D eigenvalue weighted by molar-refractivity contribution is 5.81. The highest BCUT2D eigenvalue weighted by atomic mass is 16.5. The molecule has 90 valence electrons. The largest absolute Gasteiger partial charge is 0.469 e. The first-order valence-corrected chi connectivity index (χ1v) is 5.83. The van der Waals surface area contributed by atoms with Gasteiger partial charge in [-0.15, -0.1) is 0 Å². The van der Waals surface area contributed by atoms with E-state index in [-0.39, 0.29) is 23.2 Å². The number of rotatable bonds is 1. The normalized spacial score (nSPS) is 32.4. The number of ether oxygens (including phenoxy) is 1. The van der Waals surface area contributed by atoms with Gasteiger partial charge >= 0.3 is 5.97 Å². The second-order valence-electron chi connectivity index (χ2n) is 5.52. The highest BCUT2D eigenvalue weighted by Crippen LogP contribution is 2.42. The van der Waals surface area contributed by atoms with Gasteiger partial charge in [0.05, 0.1) is 13.0 Å². The maximum atomic E-state index is 11.9. The summed E-state index contributed by atoms with van der Waals surface area (Å²) < 4.78 is 4.75. The van der Waals surface area contributed by atoms with E-state index in [0.717, 1.165) is 12.8 Å². The molecule has 2 fully saturated rings. The Morgan fingerprint density at radius 3 is 2.75 bits per heavy atom. The van der Waals surface area contributed by atoms with Crippen LogP contribution in [0.25, 0.3) is 0 Å². The lowest BCUT2D eigenvalue weighted by Crippen LogP contribution is -2.47. The molecular weight excluding hydrogens is 206 g/mol. The van der Waals surface area contributed by atoms with Crippen LogP contribution in [0.1, 0.15) is 33.1 Å². The molecule has 0 aromatic rings. The monoisotopic (exact) mass is 225 g/mol. The second kappa shape index (κ2) is 3.75. The Labute approximate surface area is 95.9 Å². The number of fused-ring (bicyclic) bond motifs is 1. The molecule has 2 aliphatic rings. The SMILES string of the molecule is COC(=O)C1CCC2N(C1)C(=O)CC2(C)C. The average Bonchev–Trinajstić information content (AvgIpc) is 2.48. The third kappa shape index (κ3) is 1.70. The summed E-state index contributed by atoms with van der Waals surface area (Å²) in [6.07, 6.45) is 2.36. The van der Waals surface area contributed by atoms with Gasteiger partial charge in [-0.05, 0) is 18.3 Å². The number of hydrogen-bond donors (Lipinski definition) is 0. The number of methoxy groups -OCH3 is 1. The van der Waals surface area contributed by atoms with Crippen molar-refractivity contribution in [3.63, 3.8) is 0 Å². The van der Waals surface area contributed by atoms with Gasteiger partial charge in [-0.3, -0.25) is 9.59 Å². The molecule has 0 radical (unpaired) electrons. The van der Waals surface area contributed by atoms with Crippen molar-refractivity contribution in [1.82, 2.24) is 4.90 Å². The Morgan fingerprint density at radius 2 is 2.12 bits per heavy atom. The van der Waals surface area contributed by atoms with Crippen molar-refractivity contribution >= 4 is 11.9 Å². The van der Waals surface area contributed by atoms with Gasteiger partial charge in [-0.25, -0.2) is 0 Å². The molecule has 1 amide bonds. The molecule has 16 heavy (non-hydrogen) atoms. The minimum atomic E-state index is -0.184. The lowest BCUT2D eigenvalue weighted by atomic mass is 9.79. The molecule has 2 unspecified atom stereocenters. The third-order valence-electron chi connectivity index (χ3n) is 3.95. The fraction of sp³-hybridized carbons (Fsp3) is 0.833. The van der Waals surface area contributed by atoms with Gasteiger partial charge < -0.3 is 9.64 Å². The van der Waals surface area contributed by atoms with Crippen LogP contribution >= 0.6 is 0 Å². The zero-order valence-electron chi connectivity index (χ0n) is 10.2. The summed E-state index contributed by atoms with van der Waals surface area (Å²) in [6.45, 7) is 4.81. The number of esters is 1. The van der Waals surface area contributed by atoms with Crippen LogP contribution in [0.3, 0.4) is 0 Å². The first-order chi connectivity index (χ1) is 7.45. The van der Waals surface area contributed by atoms with Crippen molar-refractivity contribution in [3.05, 3.63) is 0 Å². The van der Waals surface area contributed by atoms with E-state index in [0.29, 0.717) is 19.0 Å². The Hall–Kier alpha value is -1.06. The summed E-state index contributed by atoms with van der Waals surface area (Å²) in [6, 6.07) is 0.306. The van der Waals surface area contributed by atoms with Crippen molar-refractivity contribution < 1.29 is 14.3 Å². The molecule has 0 aliphatic carbocycles. The summed E-state index contributed by atoms with van der Waals surface area (Å²) in [5.41, 5.74) is 0.0537. The summed E-state index contributed by atoms with van der Waals surface area (Å²) in [4.78, 5) is 25.2. The van der Waals surface area contributed by atoms with Gasteiger partial charge in [0.15, 0.2) is 0 Å². The van der Waals surface area contributed by atoms with Crippen LogP contribution in [0.4, 0.5) is 0 Å². The van der Waals surface area contributed by atoms with E-state index in [1.807, 2.05) is 4.90 Å². The number of hydrogen-bond acceptors (Lipinski definition) is 3. The molecule has 0 saturated carbocycles. The summed E-state index contributed by atoms with van der Waals surface area (Å²) in [5, 5.41) is 0. The molecule has 0 N–H and O–H groups in total. The lowest BCUT2D eigenvalue weighted by molar-refractivity contribution is -0.149. The number of carbonyl (C=O) groups excluding carboxylic acids is 2. The Bertz CT molecular complexity index is 324. The quantitative estimate of drug-likeness (QED) is 0.630. The van der Waals surface area contributed by atoms with Gasteiger partial charge in [-0.1, -0.05) is 13.8 Å². The smallest absolute Gasteiger partial charge is 0.310 e. The van der Waals surface area contributed by atoms with E-state index in [2.05, 4.69) is 13.8 Å². The van der Waals surface area contributed by atoms with Crippen molar-refractivity contribution in [3.8, 4) is 0 Å². The van der Waals surface area contributed by atoms with Crippen LogP contribution in [0.15, 0.2) is 0 Å². The zero-order valence-corrected chi connectivity index (χ0v) is 10.2. The molecular formula is C12H19NO3. The van der Waals surface area contributed by atoms with Gasteiger partial charge in [0.1, 0.15) is 0 Å². The topological polar surface area (TPSA) is 46.6 Å². The molecule has 2 aliphatic heterocycles. The molecule has 0 bridgehead atoms. The maximum absolute atomic E-state index is 11.9. The van der Waals surface area contributed by atoms with E-state index in [1.165, 1.54) is 7.11 Å². The van der Waals surface area contributed by atoms with Crippen molar-refractivity contribution in [1.29, 1.82) is 0 Å². The first kappa shape index (κ1) is 11.4. The second-order valence-corrected chi connectivity index (χ2v) is 5.52. The Morgan fingerprint density at radius 1 is 1.44 bits per heavy atom. The summed E-state index contributed by atoms with van der Waals surface area (Å²) in [5.74, 6) is -0.126. The predicted molar refractivity (Wildman–Crippen MR) is 58.6 cm³/mol. The fourth-order valence-corrected chi connectivity index (χ4v) is 3.03. The maximum Gasteiger partial charge on any atom is 0.310 e. The predicted octanol–water partition coefficient (Wildman–Crippen LogP) is 1.20. The average molecular weight is 225 g/mol. The molecule has 0 aromatic carbocycles. The van der Waals surface area contributed by atoms with E-state index < -0.39 is 0 Å². The van der Waals surface area contributed by atoms with Gasteiger partial charge in [0.25, 0.3) is 0 Å². The molecule has 2 rings (SSSR count). The number of carbonyl (C=O) groups is 2. The van der Waals surface area contributed by atoms with E-state index in [1.54, 1.807) is 0 Å². The summed E-state index contributed by atoms with van der Waals surface area (Å²) in [7, 11) is 1.41. The van der Waals surface area contributed by atoms with Crippen LogP contribution in [0.5, 0.6) is 0 Å². The van der Waals surface area contributed by atoms with E-state index >= 15 is 0 Å². The highest BCUT2D eigenvalue weighted by Gasteiger charge is 2.48. The molecule has 2 heterocycles. The molecule has 4 nitrogen and oxygen atoms in total. The minimum absolute atomic E-state index is 0.0537.